The van der Waals surface area contributed by atoms with Gasteiger partial charge in [-0.25, -0.2) is 0 Å². The molecule has 11 atom stereocenters. The molecule has 29 heteroatoms. The van der Waals surface area contributed by atoms with Crippen molar-refractivity contribution in [2.75, 3.05) is 18.8 Å². The van der Waals surface area contributed by atoms with Gasteiger partial charge in [-0.15, -0.1) is 0 Å². The first kappa shape index (κ1) is 72.4. The number of hydrogen-bond donors (Lipinski definition) is 17. The minimum atomic E-state index is -1.48. The number of carboxylic acids is 1. The molecule has 19 N–H and O–H groups in total. The smallest absolute Gasteiger partial charge is 0.303 e. The van der Waals surface area contributed by atoms with Crippen molar-refractivity contribution in [3.05, 3.63) is 108 Å². The summed E-state index contributed by atoms with van der Waals surface area (Å²) in [5, 5.41) is 36.8. The number of primary amides is 1. The molecule has 0 aliphatic rings. The molecule has 0 bridgehead atoms. The van der Waals surface area contributed by atoms with Gasteiger partial charge < -0.3 is 85.4 Å². The number of unbranched alkanes of at least 4 members (excludes halogenated alkanes) is 1. The molecule has 0 fully saturated rings. The minimum Gasteiger partial charge on any atom is -0.481 e. The lowest BCUT2D eigenvalue weighted by Gasteiger charge is -2.28. The van der Waals surface area contributed by atoms with E-state index in [4.69, 9.17) is 17.2 Å². The van der Waals surface area contributed by atoms with Gasteiger partial charge in [0.2, 0.25) is 65.0 Å². The summed E-state index contributed by atoms with van der Waals surface area (Å²) in [4.78, 5) is 168. The van der Waals surface area contributed by atoms with E-state index in [0.29, 0.717) is 36.0 Å². The van der Waals surface area contributed by atoms with Crippen molar-refractivity contribution in [1.29, 1.82) is 0 Å². The summed E-state index contributed by atoms with van der Waals surface area (Å²) in [6.07, 6.45) is 3.42. The van der Waals surface area contributed by atoms with Crippen LogP contribution in [0.25, 0.3) is 21.8 Å². The highest BCUT2D eigenvalue weighted by Crippen LogP contribution is 2.22. The lowest BCUT2D eigenvalue weighted by atomic mass is 9.97. The molecule has 0 radical (unpaired) electrons. The van der Waals surface area contributed by atoms with E-state index in [1.54, 1.807) is 62.6 Å². The number of carbonyl (C=O) groups excluding carboxylic acids is 11. The quantitative estimate of drug-likeness (QED) is 0.0168. The van der Waals surface area contributed by atoms with Gasteiger partial charge in [0.1, 0.15) is 54.4 Å². The fourth-order valence-corrected chi connectivity index (χ4v) is 9.97. The van der Waals surface area contributed by atoms with Crippen LogP contribution in [-0.4, -0.2) is 165 Å². The maximum absolute atomic E-state index is 14.6. The number of carbonyl (C=O) groups is 12. The second-order valence-electron chi connectivity index (χ2n) is 22.4. The van der Waals surface area contributed by atoms with Crippen molar-refractivity contribution in [3.8, 4) is 0 Å². The van der Waals surface area contributed by atoms with Crippen molar-refractivity contribution in [3.63, 3.8) is 0 Å². The Kier molecular flexibility index (Phi) is 28.4. The number of nitrogens with two attached hydrogens (primary N) is 3. The molecule has 492 valence electrons. The number of H-pyrrole nitrogens is 2. The molecule has 0 saturated heterocycles. The zero-order chi connectivity index (χ0) is 66.9. The second kappa shape index (κ2) is 35.7. The summed E-state index contributed by atoms with van der Waals surface area (Å²) in [6.45, 7) is 7.08. The molecule has 0 spiro atoms. The van der Waals surface area contributed by atoms with Gasteiger partial charge in [0.05, 0.1) is 12.6 Å². The van der Waals surface area contributed by atoms with Crippen LogP contribution in [0.2, 0.25) is 0 Å². The molecule has 5 rings (SSSR count). The van der Waals surface area contributed by atoms with E-state index in [1.807, 2.05) is 42.5 Å². The second-order valence-corrected chi connectivity index (χ2v) is 22.7. The van der Waals surface area contributed by atoms with Gasteiger partial charge in [-0.1, -0.05) is 87.0 Å². The highest BCUT2D eigenvalue weighted by Gasteiger charge is 2.35. The van der Waals surface area contributed by atoms with E-state index < -0.39 is 157 Å². The number of hydrogen-bond acceptors (Lipinski definition) is 15. The van der Waals surface area contributed by atoms with Crippen LogP contribution in [-0.2, 0) is 76.8 Å². The third-order valence-electron chi connectivity index (χ3n) is 15.2. The first-order chi connectivity index (χ1) is 43.3. The number of aromatic nitrogens is 2. The number of aromatic amines is 2. The van der Waals surface area contributed by atoms with E-state index in [2.05, 4.69) is 75.8 Å². The number of para-hydroxylation sites is 2. The average Bonchev–Trinajstić information content (AvgIpc) is 1.99. The van der Waals surface area contributed by atoms with E-state index in [9.17, 15) is 62.6 Å². The Hall–Kier alpha value is -9.35. The Labute approximate surface area is 531 Å². The van der Waals surface area contributed by atoms with Crippen LogP contribution in [0.1, 0.15) is 89.8 Å². The van der Waals surface area contributed by atoms with Gasteiger partial charge in [0.25, 0.3) is 0 Å². The van der Waals surface area contributed by atoms with Crippen molar-refractivity contribution in [1.82, 2.24) is 63.1 Å². The SMILES string of the molecule is CCC(C)[C@H](NC(=O)CNC(=O)[C@H](C)NC(=O)[C@H](Cc1c[nH]c2ccccc12)NC(=O)[C@H](Cc1c[nH]c2ccccc12)NC(=O)[C@H](CS)NC(=O)[C@H](C)N)C(=O)N[C@@H](CCCCN)C(=O)N[C@@H](C)C(=O)N[C@@H](CCC(=O)O)C(=O)N[C@@H](Cc1ccccc1)C(N)=O. The van der Waals surface area contributed by atoms with Gasteiger partial charge in [-0.05, 0) is 87.7 Å². The van der Waals surface area contributed by atoms with Crippen LogP contribution in [0.5, 0.6) is 0 Å². The van der Waals surface area contributed by atoms with Crippen molar-refractivity contribution in [2.45, 2.75) is 153 Å². The van der Waals surface area contributed by atoms with Gasteiger partial charge >= 0.3 is 5.97 Å². The molecule has 5 aromatic rings. The van der Waals surface area contributed by atoms with E-state index in [-0.39, 0.29) is 38.0 Å². The van der Waals surface area contributed by atoms with E-state index in [1.165, 1.54) is 20.8 Å². The molecule has 11 amide bonds. The maximum Gasteiger partial charge on any atom is 0.303 e. The van der Waals surface area contributed by atoms with E-state index in [0.717, 1.165) is 21.8 Å². The first-order valence-electron chi connectivity index (χ1n) is 30.1. The molecule has 2 aromatic heterocycles. The minimum absolute atomic E-state index is 0.00683. The summed E-state index contributed by atoms with van der Waals surface area (Å²) in [6, 6.07) is 10.4. The molecule has 28 nitrogen and oxygen atoms in total. The number of carboxylic acid groups (broad SMARTS) is 1. The Morgan fingerprint density at radius 1 is 0.516 bits per heavy atom. The number of thiol groups is 1. The molecule has 91 heavy (non-hydrogen) atoms. The molecule has 0 aliphatic carbocycles. The fourth-order valence-electron chi connectivity index (χ4n) is 9.71. The number of amides is 11. The van der Waals surface area contributed by atoms with Crippen LogP contribution in [0, 0.1) is 5.92 Å². The number of nitrogens with one attached hydrogen (secondary N) is 12. The van der Waals surface area contributed by atoms with Gasteiger partial charge in [-0.2, -0.15) is 12.6 Å². The van der Waals surface area contributed by atoms with Gasteiger partial charge in [0.15, 0.2) is 0 Å². The Morgan fingerprint density at radius 2 is 0.978 bits per heavy atom. The van der Waals surface area contributed by atoms with Gasteiger partial charge in [-0.3, -0.25) is 57.5 Å². The van der Waals surface area contributed by atoms with Crippen LogP contribution < -0.4 is 70.4 Å². The summed E-state index contributed by atoms with van der Waals surface area (Å²) in [5.74, 6) is -10.9. The summed E-state index contributed by atoms with van der Waals surface area (Å²) < 4.78 is 0. The maximum atomic E-state index is 14.6. The number of fused-ring (bicyclic) bond motifs is 2. The van der Waals surface area contributed by atoms with Crippen LogP contribution in [0.3, 0.4) is 0 Å². The van der Waals surface area contributed by atoms with Crippen molar-refractivity contribution >= 4 is 105 Å². The lowest BCUT2D eigenvalue weighted by Crippen LogP contribution is -2.60. The molecular weight excluding hydrogens is 1190 g/mol. The van der Waals surface area contributed by atoms with Crippen molar-refractivity contribution < 1.29 is 62.6 Å². The predicted octanol–water partition coefficient (Wildman–Crippen LogP) is -1.00. The zero-order valence-electron chi connectivity index (χ0n) is 51.5. The number of rotatable bonds is 37. The van der Waals surface area contributed by atoms with Crippen LogP contribution in [0.4, 0.5) is 0 Å². The molecular formula is C62H85N15O13S. The topological polar surface area (TPSA) is 455 Å². The summed E-state index contributed by atoms with van der Waals surface area (Å²) in [5.41, 5.74) is 20.5. The summed E-state index contributed by atoms with van der Waals surface area (Å²) in [7, 11) is 0. The third-order valence-corrected chi connectivity index (χ3v) is 15.6. The fraction of sp³-hybridized carbons (Fsp3) is 0.452. The third kappa shape index (κ3) is 22.3. The number of aliphatic carboxylic acids is 1. The largest absolute Gasteiger partial charge is 0.481 e. The Balaban J connectivity index is 1.26. The molecule has 0 saturated carbocycles. The first-order valence-corrected chi connectivity index (χ1v) is 30.7. The molecule has 3 aromatic carbocycles. The highest BCUT2D eigenvalue weighted by molar-refractivity contribution is 7.80. The highest BCUT2D eigenvalue weighted by atomic mass is 32.1. The standard InChI is InChI=1S/C62H85N15O13S/c1-6-33(2)52(62(90)72-44(22-14-15-25-63)57(85)70-36(5)56(84)71-45(23-24-51(79)80)58(86)73-46(53(65)81)26-37-16-8-7-9-17-37)77-50(78)31-68-55(83)35(4)69-59(87)47(27-38-29-66-42-20-12-10-18-40(38)42)74-60(88)48(28-39-30-67-43-21-13-11-19-41(39)43)75-61(89)49(32-91)76-54(82)34(3)64/h7-13,16-21,29-30,33-36,44-49,52,66-67,91H,6,14-15,22-28,31-32,63-64H2,1-5H3,(H2,65,81)(H,68,83)(H,69,87)(H,70,85)(H,71,84)(H,72,90)(H,73,86)(H,74,88)(H,75,89)(H,76,82)(H,77,78)(H,79,80)/t33?,34-,35-,36-,44-,45-,46-,47-,48-,49-,52-/m0/s1. The monoisotopic (exact) mass is 1280 g/mol. The van der Waals surface area contributed by atoms with Crippen molar-refractivity contribution in [2.24, 2.45) is 23.1 Å². The lowest BCUT2D eigenvalue weighted by molar-refractivity contribution is -0.138. The zero-order valence-corrected chi connectivity index (χ0v) is 52.4. The van der Waals surface area contributed by atoms with E-state index >= 15 is 0 Å². The van der Waals surface area contributed by atoms with Gasteiger partial charge in [0, 0.05) is 65.6 Å². The molecule has 0 aliphatic heterocycles. The Morgan fingerprint density at radius 3 is 1.51 bits per heavy atom. The summed E-state index contributed by atoms with van der Waals surface area (Å²) >= 11 is 4.26. The average molecular weight is 1280 g/mol. The molecule has 2 heterocycles. The van der Waals surface area contributed by atoms with Crippen LogP contribution >= 0.6 is 12.6 Å². The molecule has 1 unspecified atom stereocenters. The van der Waals surface area contributed by atoms with Crippen LogP contribution in [0.15, 0.2) is 91.3 Å². The normalized spacial score (nSPS) is 14.8. The Bertz CT molecular complexity index is 3360. The number of benzene rings is 3. The predicted molar refractivity (Wildman–Crippen MR) is 342 cm³/mol.